The van der Waals surface area contributed by atoms with Crippen LogP contribution in [0.1, 0.15) is 48.5 Å². The summed E-state index contributed by atoms with van der Waals surface area (Å²) < 4.78 is 13.2. The van der Waals surface area contributed by atoms with E-state index in [2.05, 4.69) is 0 Å². The highest BCUT2D eigenvalue weighted by molar-refractivity contribution is 5.87. The fourth-order valence-electron chi connectivity index (χ4n) is 1.73. The fourth-order valence-corrected chi connectivity index (χ4v) is 1.73. The van der Waals surface area contributed by atoms with Gasteiger partial charge in [0.15, 0.2) is 0 Å². The number of aromatic carboxylic acids is 1. The highest BCUT2D eigenvalue weighted by Crippen LogP contribution is 2.24. The van der Waals surface area contributed by atoms with E-state index >= 15 is 0 Å². The van der Waals surface area contributed by atoms with E-state index in [4.69, 9.17) is 5.11 Å². The maximum atomic E-state index is 13.2. The Morgan fingerprint density at radius 1 is 1.33 bits per heavy atom. The van der Waals surface area contributed by atoms with Gasteiger partial charge in [0.25, 0.3) is 0 Å². The molecule has 3 heteroatoms. The van der Waals surface area contributed by atoms with Crippen LogP contribution in [-0.2, 0) is 0 Å². The molecule has 0 saturated heterocycles. The third-order valence-electron chi connectivity index (χ3n) is 2.62. The van der Waals surface area contributed by atoms with Gasteiger partial charge in [-0.1, -0.05) is 13.8 Å². The topological polar surface area (TPSA) is 37.3 Å². The number of rotatable bonds is 4. The van der Waals surface area contributed by atoms with Crippen molar-refractivity contribution in [1.29, 1.82) is 0 Å². The SMILES string of the molecule is CCC(CC)c1cc(F)cc(C(=O)O)c1. The number of carboxylic acids is 1. The maximum Gasteiger partial charge on any atom is 0.335 e. The van der Waals surface area contributed by atoms with Crippen LogP contribution in [0.15, 0.2) is 18.2 Å². The van der Waals surface area contributed by atoms with Crippen LogP contribution in [0, 0.1) is 5.82 Å². The third-order valence-corrected chi connectivity index (χ3v) is 2.62. The quantitative estimate of drug-likeness (QED) is 0.826. The predicted octanol–water partition coefficient (Wildman–Crippen LogP) is 3.43. The molecule has 0 atom stereocenters. The van der Waals surface area contributed by atoms with Crippen molar-refractivity contribution in [2.24, 2.45) is 0 Å². The molecule has 0 bridgehead atoms. The van der Waals surface area contributed by atoms with Crippen LogP contribution in [0.2, 0.25) is 0 Å². The predicted molar refractivity (Wildman–Crippen MR) is 56.7 cm³/mol. The minimum absolute atomic E-state index is 0.0249. The molecule has 2 nitrogen and oxygen atoms in total. The summed E-state index contributed by atoms with van der Waals surface area (Å²) in [5.74, 6) is -1.32. The fraction of sp³-hybridized carbons (Fsp3) is 0.417. The van der Waals surface area contributed by atoms with Crippen molar-refractivity contribution in [2.45, 2.75) is 32.6 Å². The Labute approximate surface area is 88.7 Å². The normalized spacial score (nSPS) is 10.7. The first-order valence-corrected chi connectivity index (χ1v) is 5.12. The zero-order valence-corrected chi connectivity index (χ0v) is 8.96. The van der Waals surface area contributed by atoms with Crippen LogP contribution in [0.25, 0.3) is 0 Å². The molecular weight excluding hydrogens is 195 g/mol. The number of hydrogen-bond donors (Lipinski definition) is 1. The summed E-state index contributed by atoms with van der Waals surface area (Å²) in [6.07, 6.45) is 1.78. The first-order valence-electron chi connectivity index (χ1n) is 5.12. The molecule has 1 aromatic rings. The molecule has 1 rings (SSSR count). The molecule has 0 saturated carbocycles. The molecule has 0 aliphatic rings. The monoisotopic (exact) mass is 210 g/mol. The zero-order valence-electron chi connectivity index (χ0n) is 8.96. The minimum atomic E-state index is -1.08. The van der Waals surface area contributed by atoms with Crippen molar-refractivity contribution in [3.05, 3.63) is 35.1 Å². The van der Waals surface area contributed by atoms with Gasteiger partial charge in [0.05, 0.1) is 5.56 Å². The largest absolute Gasteiger partial charge is 0.478 e. The van der Waals surface area contributed by atoms with Gasteiger partial charge < -0.3 is 5.11 Å². The van der Waals surface area contributed by atoms with Gasteiger partial charge in [-0.3, -0.25) is 0 Å². The second-order valence-electron chi connectivity index (χ2n) is 3.59. The van der Waals surface area contributed by atoms with Crippen LogP contribution in [0.4, 0.5) is 4.39 Å². The van der Waals surface area contributed by atoms with Gasteiger partial charge >= 0.3 is 5.97 Å². The molecule has 1 aromatic carbocycles. The summed E-state index contributed by atoms with van der Waals surface area (Å²) in [5.41, 5.74) is 0.800. The summed E-state index contributed by atoms with van der Waals surface area (Å²) in [6, 6.07) is 4.03. The molecule has 1 N–H and O–H groups in total. The lowest BCUT2D eigenvalue weighted by atomic mass is 9.92. The molecular formula is C12H15FO2. The molecule has 0 amide bonds. The van der Waals surface area contributed by atoms with Crippen LogP contribution < -0.4 is 0 Å². The molecule has 0 fully saturated rings. The van der Waals surface area contributed by atoms with Gasteiger partial charge in [-0.05, 0) is 42.5 Å². The molecule has 15 heavy (non-hydrogen) atoms. The van der Waals surface area contributed by atoms with Gasteiger partial charge in [-0.25, -0.2) is 9.18 Å². The van der Waals surface area contributed by atoms with Gasteiger partial charge in [0, 0.05) is 0 Å². The lowest BCUT2D eigenvalue weighted by Gasteiger charge is -2.13. The Morgan fingerprint density at radius 3 is 2.40 bits per heavy atom. The Morgan fingerprint density at radius 2 is 1.93 bits per heavy atom. The lowest BCUT2D eigenvalue weighted by Crippen LogP contribution is -2.02. The molecule has 0 aliphatic carbocycles. The highest BCUT2D eigenvalue weighted by atomic mass is 19.1. The smallest absolute Gasteiger partial charge is 0.335 e. The van der Waals surface area contributed by atoms with E-state index in [0.717, 1.165) is 24.5 Å². The second kappa shape index (κ2) is 4.91. The van der Waals surface area contributed by atoms with Crippen molar-refractivity contribution in [2.75, 3.05) is 0 Å². The third kappa shape index (κ3) is 2.78. The number of hydrogen-bond acceptors (Lipinski definition) is 1. The number of carbonyl (C=O) groups is 1. The average molecular weight is 210 g/mol. The lowest BCUT2D eigenvalue weighted by molar-refractivity contribution is 0.0696. The Hall–Kier alpha value is -1.38. The van der Waals surface area contributed by atoms with Gasteiger partial charge in [-0.15, -0.1) is 0 Å². The summed E-state index contributed by atoms with van der Waals surface area (Å²) in [4.78, 5) is 10.7. The average Bonchev–Trinajstić information content (AvgIpc) is 2.18. The van der Waals surface area contributed by atoms with E-state index in [1.807, 2.05) is 13.8 Å². The van der Waals surface area contributed by atoms with Crippen LogP contribution in [-0.4, -0.2) is 11.1 Å². The molecule has 82 valence electrons. The molecule has 0 unspecified atom stereocenters. The van der Waals surface area contributed by atoms with Gasteiger partial charge in [0.1, 0.15) is 5.82 Å². The van der Waals surface area contributed by atoms with E-state index in [1.54, 1.807) is 6.07 Å². The van der Waals surface area contributed by atoms with Crippen molar-refractivity contribution >= 4 is 5.97 Å². The summed E-state index contributed by atoms with van der Waals surface area (Å²) >= 11 is 0. The number of halogens is 1. The van der Waals surface area contributed by atoms with E-state index in [-0.39, 0.29) is 11.5 Å². The van der Waals surface area contributed by atoms with Crippen molar-refractivity contribution < 1.29 is 14.3 Å². The maximum absolute atomic E-state index is 13.2. The Balaban J connectivity index is 3.13. The zero-order chi connectivity index (χ0) is 11.4. The van der Waals surface area contributed by atoms with Crippen LogP contribution in [0.5, 0.6) is 0 Å². The Kier molecular flexibility index (Phi) is 3.83. The van der Waals surface area contributed by atoms with Crippen molar-refractivity contribution in [3.63, 3.8) is 0 Å². The first-order chi connectivity index (χ1) is 7.08. The second-order valence-corrected chi connectivity index (χ2v) is 3.59. The van der Waals surface area contributed by atoms with E-state index in [0.29, 0.717) is 0 Å². The van der Waals surface area contributed by atoms with Gasteiger partial charge in [-0.2, -0.15) is 0 Å². The van der Waals surface area contributed by atoms with Crippen molar-refractivity contribution in [3.8, 4) is 0 Å². The number of carboxylic acid groups (broad SMARTS) is 1. The highest BCUT2D eigenvalue weighted by Gasteiger charge is 2.12. The van der Waals surface area contributed by atoms with Gasteiger partial charge in [0.2, 0.25) is 0 Å². The summed E-state index contributed by atoms with van der Waals surface area (Å²) in [7, 11) is 0. The molecule has 0 aromatic heterocycles. The van der Waals surface area contributed by atoms with Crippen molar-refractivity contribution in [1.82, 2.24) is 0 Å². The van der Waals surface area contributed by atoms with E-state index in [9.17, 15) is 9.18 Å². The van der Waals surface area contributed by atoms with Crippen LogP contribution >= 0.6 is 0 Å². The Bertz CT molecular complexity index is 357. The minimum Gasteiger partial charge on any atom is -0.478 e. The summed E-state index contributed by atoms with van der Waals surface area (Å²) in [6.45, 7) is 4.03. The number of benzene rings is 1. The standard InChI is InChI=1S/C12H15FO2/c1-3-8(4-2)9-5-10(12(14)15)7-11(13)6-9/h5-8H,3-4H2,1-2H3,(H,14,15). The molecule has 0 radical (unpaired) electrons. The van der Waals surface area contributed by atoms with Crippen LogP contribution in [0.3, 0.4) is 0 Å². The molecule has 0 aliphatic heterocycles. The molecule has 0 spiro atoms. The van der Waals surface area contributed by atoms with E-state index < -0.39 is 11.8 Å². The van der Waals surface area contributed by atoms with E-state index in [1.165, 1.54) is 6.07 Å². The summed E-state index contributed by atoms with van der Waals surface area (Å²) in [5, 5.41) is 8.79. The molecule has 0 heterocycles. The first kappa shape index (κ1) is 11.7.